The maximum atomic E-state index is 11.7. The molecule has 0 unspecified atom stereocenters. The Morgan fingerprint density at radius 1 is 1.16 bits per heavy atom. The molecule has 2 aromatic rings. The van der Waals surface area contributed by atoms with Crippen molar-refractivity contribution < 1.29 is 19.1 Å². The van der Waals surface area contributed by atoms with Gasteiger partial charge in [-0.25, -0.2) is 4.79 Å². The third-order valence-electron chi connectivity index (χ3n) is 3.06. The van der Waals surface area contributed by atoms with Crippen LogP contribution in [0.1, 0.15) is 12.5 Å². The highest BCUT2D eigenvalue weighted by molar-refractivity contribution is 6.30. The van der Waals surface area contributed by atoms with Crippen LogP contribution in [0.4, 0.5) is 5.69 Å². The van der Waals surface area contributed by atoms with E-state index in [-0.39, 0.29) is 6.61 Å². The summed E-state index contributed by atoms with van der Waals surface area (Å²) in [4.78, 5) is 23.4. The van der Waals surface area contributed by atoms with Crippen LogP contribution in [0.2, 0.25) is 5.02 Å². The molecule has 1 N–H and O–H groups in total. The lowest BCUT2D eigenvalue weighted by Gasteiger charge is -2.05. The summed E-state index contributed by atoms with van der Waals surface area (Å²) in [6.07, 6.45) is 2.87. The van der Waals surface area contributed by atoms with E-state index in [2.05, 4.69) is 5.32 Å². The van der Waals surface area contributed by atoms with Crippen LogP contribution in [0, 0.1) is 0 Å². The third kappa shape index (κ3) is 6.69. The standard InChI is InChI=1S/C19H18ClNO4/c1-2-24-17-9-6-14(7-10-17)8-11-19(23)25-13-18(22)21-16-5-3-4-15(20)12-16/h3-12H,2,13H2,1H3,(H,21,22)/b11-8+. The second-order valence-electron chi connectivity index (χ2n) is 5.00. The van der Waals surface area contributed by atoms with Gasteiger partial charge in [-0.15, -0.1) is 0 Å². The van der Waals surface area contributed by atoms with E-state index in [0.717, 1.165) is 11.3 Å². The van der Waals surface area contributed by atoms with Crippen molar-refractivity contribution in [2.24, 2.45) is 0 Å². The van der Waals surface area contributed by atoms with Gasteiger partial charge >= 0.3 is 5.97 Å². The normalized spacial score (nSPS) is 10.5. The van der Waals surface area contributed by atoms with Gasteiger partial charge in [0.15, 0.2) is 6.61 Å². The average Bonchev–Trinajstić information content (AvgIpc) is 2.60. The van der Waals surface area contributed by atoms with Gasteiger partial charge in [0.05, 0.1) is 6.61 Å². The number of hydrogen-bond donors (Lipinski definition) is 1. The number of nitrogens with one attached hydrogen (secondary N) is 1. The number of anilines is 1. The molecule has 25 heavy (non-hydrogen) atoms. The summed E-state index contributed by atoms with van der Waals surface area (Å²) in [7, 11) is 0. The molecule has 0 bridgehead atoms. The van der Waals surface area contributed by atoms with Gasteiger partial charge in [-0.2, -0.15) is 0 Å². The Labute approximate surface area is 151 Å². The van der Waals surface area contributed by atoms with Crippen molar-refractivity contribution in [2.45, 2.75) is 6.92 Å². The maximum absolute atomic E-state index is 11.7. The number of carbonyl (C=O) groups excluding carboxylic acids is 2. The highest BCUT2D eigenvalue weighted by Gasteiger charge is 2.06. The van der Waals surface area contributed by atoms with Crippen LogP contribution >= 0.6 is 11.6 Å². The number of ether oxygens (including phenoxy) is 2. The van der Waals surface area contributed by atoms with Gasteiger partial charge in [0.2, 0.25) is 0 Å². The third-order valence-corrected chi connectivity index (χ3v) is 3.29. The van der Waals surface area contributed by atoms with E-state index in [1.165, 1.54) is 6.08 Å². The first-order chi connectivity index (χ1) is 12.1. The molecular formula is C19H18ClNO4. The minimum Gasteiger partial charge on any atom is -0.494 e. The topological polar surface area (TPSA) is 64.6 Å². The number of carbonyl (C=O) groups is 2. The lowest BCUT2D eigenvalue weighted by atomic mass is 10.2. The molecule has 0 radical (unpaired) electrons. The molecule has 0 aliphatic rings. The summed E-state index contributed by atoms with van der Waals surface area (Å²) >= 11 is 5.83. The van der Waals surface area contributed by atoms with Crippen LogP contribution in [-0.2, 0) is 14.3 Å². The minimum atomic E-state index is -0.602. The molecular weight excluding hydrogens is 342 g/mol. The van der Waals surface area contributed by atoms with Gasteiger partial charge in [0, 0.05) is 16.8 Å². The predicted octanol–water partition coefficient (Wildman–Crippen LogP) is 3.93. The number of halogens is 1. The summed E-state index contributed by atoms with van der Waals surface area (Å²) in [5, 5.41) is 3.10. The van der Waals surface area contributed by atoms with Crippen LogP contribution in [-0.4, -0.2) is 25.1 Å². The van der Waals surface area contributed by atoms with Crippen molar-refractivity contribution in [1.29, 1.82) is 0 Å². The van der Waals surface area contributed by atoms with Crippen LogP contribution in [0.5, 0.6) is 5.75 Å². The second kappa shape index (κ2) is 9.49. The van der Waals surface area contributed by atoms with E-state index in [4.69, 9.17) is 21.1 Å². The molecule has 0 atom stereocenters. The van der Waals surface area contributed by atoms with E-state index in [1.807, 2.05) is 31.2 Å². The Morgan fingerprint density at radius 2 is 1.92 bits per heavy atom. The fraction of sp³-hybridized carbons (Fsp3) is 0.158. The first kappa shape index (κ1) is 18.5. The van der Waals surface area contributed by atoms with Crippen molar-refractivity contribution in [3.05, 3.63) is 65.2 Å². The molecule has 130 valence electrons. The van der Waals surface area contributed by atoms with Gasteiger partial charge in [-0.3, -0.25) is 4.79 Å². The van der Waals surface area contributed by atoms with Crippen LogP contribution in [0.15, 0.2) is 54.6 Å². The molecule has 0 fully saturated rings. The Hall–Kier alpha value is -2.79. The fourth-order valence-corrected chi connectivity index (χ4v) is 2.14. The van der Waals surface area contributed by atoms with Gasteiger partial charge < -0.3 is 14.8 Å². The molecule has 2 aromatic carbocycles. The second-order valence-corrected chi connectivity index (χ2v) is 5.44. The summed E-state index contributed by atoms with van der Waals surface area (Å²) in [6.45, 7) is 2.13. The van der Waals surface area contributed by atoms with Crippen LogP contribution in [0.25, 0.3) is 6.08 Å². The van der Waals surface area contributed by atoms with Crippen molar-refractivity contribution in [3.63, 3.8) is 0 Å². The largest absolute Gasteiger partial charge is 0.494 e. The van der Waals surface area contributed by atoms with E-state index in [0.29, 0.717) is 17.3 Å². The van der Waals surface area contributed by atoms with E-state index in [9.17, 15) is 9.59 Å². The molecule has 1 amide bonds. The zero-order valence-corrected chi connectivity index (χ0v) is 14.5. The van der Waals surface area contributed by atoms with Crippen molar-refractivity contribution in [2.75, 3.05) is 18.5 Å². The van der Waals surface area contributed by atoms with E-state index >= 15 is 0 Å². The monoisotopic (exact) mass is 359 g/mol. The number of hydrogen-bond acceptors (Lipinski definition) is 4. The first-order valence-corrected chi connectivity index (χ1v) is 8.07. The molecule has 5 nitrogen and oxygen atoms in total. The fourth-order valence-electron chi connectivity index (χ4n) is 1.95. The van der Waals surface area contributed by atoms with Gasteiger partial charge in [-0.1, -0.05) is 29.8 Å². The minimum absolute atomic E-state index is 0.376. The zero-order valence-electron chi connectivity index (χ0n) is 13.7. The van der Waals surface area contributed by atoms with Crippen molar-refractivity contribution >= 4 is 35.2 Å². The predicted molar refractivity (Wildman–Crippen MR) is 97.7 cm³/mol. The Morgan fingerprint density at radius 3 is 2.60 bits per heavy atom. The average molecular weight is 360 g/mol. The quantitative estimate of drug-likeness (QED) is 0.601. The lowest BCUT2D eigenvalue weighted by molar-refractivity contribution is -0.142. The van der Waals surface area contributed by atoms with Crippen LogP contribution in [0.3, 0.4) is 0 Å². The Kier molecular flexibility index (Phi) is 7.04. The molecule has 0 saturated carbocycles. The first-order valence-electron chi connectivity index (χ1n) is 7.70. The molecule has 0 aliphatic heterocycles. The highest BCUT2D eigenvalue weighted by Crippen LogP contribution is 2.15. The molecule has 0 heterocycles. The number of rotatable bonds is 7. The summed E-state index contributed by atoms with van der Waals surface area (Å²) in [5.74, 6) is -0.278. The number of esters is 1. The smallest absolute Gasteiger partial charge is 0.331 e. The molecule has 0 spiro atoms. The van der Waals surface area contributed by atoms with Gasteiger partial charge in [-0.05, 0) is 48.9 Å². The van der Waals surface area contributed by atoms with E-state index in [1.54, 1.807) is 30.3 Å². The van der Waals surface area contributed by atoms with Crippen molar-refractivity contribution in [1.82, 2.24) is 0 Å². The lowest BCUT2D eigenvalue weighted by Crippen LogP contribution is -2.20. The van der Waals surface area contributed by atoms with Gasteiger partial charge in [0.25, 0.3) is 5.91 Å². The highest BCUT2D eigenvalue weighted by atomic mass is 35.5. The van der Waals surface area contributed by atoms with E-state index < -0.39 is 11.9 Å². The van der Waals surface area contributed by atoms with Gasteiger partial charge in [0.1, 0.15) is 5.75 Å². The number of benzene rings is 2. The van der Waals surface area contributed by atoms with Crippen molar-refractivity contribution in [3.8, 4) is 5.75 Å². The number of amides is 1. The molecule has 0 aromatic heterocycles. The molecule has 0 saturated heterocycles. The Balaban J connectivity index is 1.78. The summed E-state index contributed by atoms with van der Waals surface area (Å²) in [6, 6.07) is 14.0. The summed E-state index contributed by atoms with van der Waals surface area (Å²) < 4.78 is 10.2. The molecule has 6 heteroatoms. The summed E-state index contributed by atoms with van der Waals surface area (Å²) in [5.41, 5.74) is 1.36. The SMILES string of the molecule is CCOc1ccc(/C=C/C(=O)OCC(=O)Nc2cccc(Cl)c2)cc1. The molecule has 2 rings (SSSR count). The van der Waals surface area contributed by atoms with Crippen LogP contribution < -0.4 is 10.1 Å². The Bertz CT molecular complexity index is 756. The molecule has 0 aliphatic carbocycles. The maximum Gasteiger partial charge on any atom is 0.331 e. The zero-order chi connectivity index (χ0) is 18.1.